The number of benzene rings is 2. The molecule has 0 saturated carbocycles. The summed E-state index contributed by atoms with van der Waals surface area (Å²) in [5.41, 5.74) is 1.87. The first kappa shape index (κ1) is 13.6. The van der Waals surface area contributed by atoms with E-state index in [-0.39, 0.29) is 5.82 Å². The molecule has 5 nitrogen and oxygen atoms in total. The zero-order valence-corrected chi connectivity index (χ0v) is 12.5. The molecule has 0 unspecified atom stereocenters. The first-order chi connectivity index (χ1) is 11.3. The van der Waals surface area contributed by atoms with Crippen LogP contribution in [0, 0.1) is 5.82 Å². The maximum absolute atomic E-state index is 14.0. The van der Waals surface area contributed by atoms with Crippen molar-refractivity contribution >= 4 is 28.2 Å². The van der Waals surface area contributed by atoms with E-state index in [2.05, 4.69) is 20.5 Å². The lowest BCUT2D eigenvalue weighted by molar-refractivity contribution is 0.631. The number of nitrogens with one attached hydrogen (secondary N) is 1. The normalized spacial score (nSPS) is 11.2. The molecular weight excluding hydrogens is 293 g/mol. The van der Waals surface area contributed by atoms with Crippen molar-refractivity contribution in [2.75, 3.05) is 5.32 Å². The van der Waals surface area contributed by atoms with Gasteiger partial charge in [-0.1, -0.05) is 31.2 Å². The van der Waals surface area contributed by atoms with Crippen molar-refractivity contribution in [2.45, 2.75) is 13.3 Å². The molecule has 0 aliphatic rings. The molecule has 0 aliphatic heterocycles. The quantitative estimate of drug-likeness (QED) is 0.626. The van der Waals surface area contributed by atoms with Crippen molar-refractivity contribution in [3.8, 4) is 0 Å². The molecule has 23 heavy (non-hydrogen) atoms. The average Bonchev–Trinajstić information content (AvgIpc) is 3.02. The molecule has 0 bridgehead atoms. The van der Waals surface area contributed by atoms with E-state index in [9.17, 15) is 4.39 Å². The Bertz CT molecular complexity index is 1010. The first-order valence-electron chi connectivity index (χ1n) is 7.42. The number of halogens is 1. The Balaban J connectivity index is 1.99. The van der Waals surface area contributed by atoms with Crippen LogP contribution in [-0.4, -0.2) is 19.6 Å². The number of aromatic nitrogens is 4. The first-order valence-corrected chi connectivity index (χ1v) is 7.42. The van der Waals surface area contributed by atoms with Crippen molar-refractivity contribution < 1.29 is 4.39 Å². The van der Waals surface area contributed by atoms with Crippen LogP contribution in [0.1, 0.15) is 12.7 Å². The fraction of sp³-hybridized carbons (Fsp3) is 0.118. The smallest absolute Gasteiger partial charge is 0.215 e. The third-order valence-corrected chi connectivity index (χ3v) is 3.75. The SMILES string of the molecule is CCc1nnc2c3ccccc3nc(Nc3ccccc3F)n12. The van der Waals surface area contributed by atoms with Gasteiger partial charge in [-0.3, -0.25) is 0 Å². The molecular formula is C17H14FN5. The van der Waals surface area contributed by atoms with Gasteiger partial charge in [0.25, 0.3) is 0 Å². The minimum Gasteiger partial charge on any atom is -0.323 e. The molecule has 0 amide bonds. The molecule has 2 heterocycles. The molecule has 0 atom stereocenters. The topological polar surface area (TPSA) is 55.1 Å². The van der Waals surface area contributed by atoms with Gasteiger partial charge in [0.1, 0.15) is 11.6 Å². The molecule has 0 aliphatic carbocycles. The van der Waals surface area contributed by atoms with Crippen LogP contribution in [0.4, 0.5) is 16.0 Å². The number of hydrogen-bond donors (Lipinski definition) is 1. The van der Waals surface area contributed by atoms with Crippen LogP contribution in [0.5, 0.6) is 0 Å². The number of rotatable bonds is 3. The van der Waals surface area contributed by atoms with Crippen LogP contribution in [0.25, 0.3) is 16.6 Å². The average molecular weight is 307 g/mol. The van der Waals surface area contributed by atoms with Crippen LogP contribution >= 0.6 is 0 Å². The van der Waals surface area contributed by atoms with Gasteiger partial charge in [0.2, 0.25) is 5.95 Å². The van der Waals surface area contributed by atoms with Gasteiger partial charge in [-0.2, -0.15) is 0 Å². The minimum atomic E-state index is -0.332. The van der Waals surface area contributed by atoms with Crippen LogP contribution in [0.3, 0.4) is 0 Å². The Morgan fingerprint density at radius 1 is 1.04 bits per heavy atom. The third kappa shape index (κ3) is 2.19. The Labute approximate surface area is 131 Å². The highest BCUT2D eigenvalue weighted by Gasteiger charge is 2.14. The molecule has 2 aromatic carbocycles. The maximum Gasteiger partial charge on any atom is 0.215 e. The second-order valence-electron chi connectivity index (χ2n) is 5.19. The van der Waals surface area contributed by atoms with E-state index < -0.39 is 0 Å². The number of hydrogen-bond acceptors (Lipinski definition) is 4. The molecule has 4 rings (SSSR count). The van der Waals surface area contributed by atoms with Gasteiger partial charge < -0.3 is 5.32 Å². The summed E-state index contributed by atoms with van der Waals surface area (Å²) in [7, 11) is 0. The van der Waals surface area contributed by atoms with Crippen LogP contribution in [0.2, 0.25) is 0 Å². The summed E-state index contributed by atoms with van der Waals surface area (Å²) >= 11 is 0. The van der Waals surface area contributed by atoms with Crippen molar-refractivity contribution in [3.05, 3.63) is 60.2 Å². The third-order valence-electron chi connectivity index (χ3n) is 3.75. The monoisotopic (exact) mass is 307 g/mol. The van der Waals surface area contributed by atoms with Gasteiger partial charge in [0, 0.05) is 11.8 Å². The molecule has 0 spiro atoms. The van der Waals surface area contributed by atoms with Gasteiger partial charge in [-0.05, 0) is 24.3 Å². The van der Waals surface area contributed by atoms with E-state index in [1.807, 2.05) is 35.6 Å². The number of aryl methyl sites for hydroxylation is 1. The Hall–Kier alpha value is -3.02. The Morgan fingerprint density at radius 2 is 1.83 bits per heavy atom. The summed E-state index contributed by atoms with van der Waals surface area (Å²) < 4.78 is 15.8. The van der Waals surface area contributed by atoms with Crippen molar-refractivity contribution in [2.24, 2.45) is 0 Å². The predicted octanol–water partition coefficient (Wildman–Crippen LogP) is 3.72. The second kappa shape index (κ2) is 5.31. The summed E-state index contributed by atoms with van der Waals surface area (Å²) in [6, 6.07) is 14.2. The van der Waals surface area contributed by atoms with E-state index in [0.29, 0.717) is 23.7 Å². The fourth-order valence-electron chi connectivity index (χ4n) is 2.63. The highest BCUT2D eigenvalue weighted by Crippen LogP contribution is 2.25. The van der Waals surface area contributed by atoms with Gasteiger partial charge in [0.05, 0.1) is 11.2 Å². The van der Waals surface area contributed by atoms with Gasteiger partial charge in [-0.25, -0.2) is 13.8 Å². The number of fused-ring (bicyclic) bond motifs is 3. The van der Waals surface area contributed by atoms with E-state index in [1.165, 1.54) is 6.07 Å². The molecule has 114 valence electrons. The van der Waals surface area contributed by atoms with Crippen molar-refractivity contribution in [1.82, 2.24) is 19.6 Å². The minimum absolute atomic E-state index is 0.332. The van der Waals surface area contributed by atoms with Crippen LogP contribution < -0.4 is 5.32 Å². The molecule has 2 aromatic heterocycles. The van der Waals surface area contributed by atoms with Crippen molar-refractivity contribution in [1.29, 1.82) is 0 Å². The summed E-state index contributed by atoms with van der Waals surface area (Å²) in [4.78, 5) is 4.63. The van der Waals surface area contributed by atoms with Crippen LogP contribution in [-0.2, 0) is 6.42 Å². The standard InChI is InChI=1S/C17H14FN5/c1-2-15-21-22-16-11-7-3-5-9-13(11)19-17(23(15)16)20-14-10-6-4-8-12(14)18/h3-10H,2H2,1H3,(H,19,20). The maximum atomic E-state index is 14.0. The predicted molar refractivity (Wildman–Crippen MR) is 87.3 cm³/mol. The van der Waals surface area contributed by atoms with E-state index in [1.54, 1.807) is 18.2 Å². The summed E-state index contributed by atoms with van der Waals surface area (Å²) in [6.07, 6.45) is 0.702. The van der Waals surface area contributed by atoms with Crippen molar-refractivity contribution in [3.63, 3.8) is 0 Å². The van der Waals surface area contributed by atoms with Gasteiger partial charge in [0.15, 0.2) is 5.65 Å². The second-order valence-corrected chi connectivity index (χ2v) is 5.19. The Morgan fingerprint density at radius 3 is 2.65 bits per heavy atom. The number of anilines is 2. The van der Waals surface area contributed by atoms with Gasteiger partial charge >= 0.3 is 0 Å². The largest absolute Gasteiger partial charge is 0.323 e. The lowest BCUT2D eigenvalue weighted by Gasteiger charge is -2.11. The van der Waals surface area contributed by atoms with E-state index >= 15 is 0 Å². The van der Waals surface area contributed by atoms with E-state index in [4.69, 9.17) is 0 Å². The molecule has 0 saturated heterocycles. The number of nitrogens with zero attached hydrogens (tertiary/aromatic N) is 4. The zero-order chi connectivity index (χ0) is 15.8. The zero-order valence-electron chi connectivity index (χ0n) is 12.5. The molecule has 0 fully saturated rings. The summed E-state index contributed by atoms with van der Waals surface area (Å²) in [5, 5.41) is 12.5. The molecule has 4 aromatic rings. The molecule has 0 radical (unpaired) electrons. The molecule has 6 heteroatoms. The van der Waals surface area contributed by atoms with E-state index in [0.717, 1.165) is 16.7 Å². The number of para-hydroxylation sites is 2. The van der Waals surface area contributed by atoms with Gasteiger partial charge in [-0.15, -0.1) is 10.2 Å². The summed E-state index contributed by atoms with van der Waals surface area (Å²) in [6.45, 7) is 2.00. The molecule has 1 N–H and O–H groups in total. The van der Waals surface area contributed by atoms with Crippen LogP contribution in [0.15, 0.2) is 48.5 Å². The lowest BCUT2D eigenvalue weighted by Crippen LogP contribution is -2.06. The fourth-order valence-corrected chi connectivity index (χ4v) is 2.63. The summed E-state index contributed by atoms with van der Waals surface area (Å²) in [5.74, 6) is 0.949. The Kier molecular flexibility index (Phi) is 3.15. The lowest BCUT2D eigenvalue weighted by atomic mass is 10.2. The highest BCUT2D eigenvalue weighted by molar-refractivity contribution is 5.92. The highest BCUT2D eigenvalue weighted by atomic mass is 19.1.